The average Bonchev–Trinajstić information content (AvgIpc) is 2.27. The Morgan fingerprint density at radius 2 is 1.11 bits per heavy atom. The molecular weight excluding hydrogens is 254 g/mol. The second kappa shape index (κ2) is 7.62. The summed E-state index contributed by atoms with van der Waals surface area (Å²) < 4.78 is 0. The third-order valence-corrected chi connectivity index (χ3v) is 8.14. The van der Waals surface area contributed by atoms with Crippen LogP contribution in [-0.2, 0) is 0 Å². The van der Waals surface area contributed by atoms with E-state index < -0.39 is 0 Å². The summed E-state index contributed by atoms with van der Waals surface area (Å²) in [5.74, 6) is 1.62. The van der Waals surface area contributed by atoms with Gasteiger partial charge in [-0.05, 0) is 48.1 Å². The molecule has 18 heavy (non-hydrogen) atoms. The molecule has 0 bridgehead atoms. The Bertz CT molecular complexity index is 323. The molecular formula is C16H28P2. The van der Waals surface area contributed by atoms with Gasteiger partial charge in [-0.25, -0.2) is 0 Å². The maximum Gasteiger partial charge on any atom is -0.0167 e. The fourth-order valence-corrected chi connectivity index (χ4v) is 7.62. The highest BCUT2D eigenvalue weighted by Crippen LogP contribution is 2.38. The van der Waals surface area contributed by atoms with Gasteiger partial charge in [0.1, 0.15) is 0 Å². The van der Waals surface area contributed by atoms with Gasteiger partial charge in [0, 0.05) is 0 Å². The lowest BCUT2D eigenvalue weighted by Crippen LogP contribution is -2.24. The summed E-state index contributed by atoms with van der Waals surface area (Å²) in [4.78, 5) is 0. The van der Waals surface area contributed by atoms with Crippen molar-refractivity contribution in [1.29, 1.82) is 0 Å². The van der Waals surface area contributed by atoms with E-state index in [1.54, 1.807) is 10.6 Å². The predicted molar refractivity (Wildman–Crippen MR) is 90.8 cm³/mol. The van der Waals surface area contributed by atoms with Crippen LogP contribution in [0.1, 0.15) is 27.7 Å². The molecule has 0 radical (unpaired) electrons. The molecule has 0 nitrogen and oxygen atoms in total. The minimum atomic E-state index is 0.0228. The molecule has 0 aromatic heterocycles. The van der Waals surface area contributed by atoms with E-state index in [0.717, 1.165) is 11.8 Å². The first-order chi connectivity index (χ1) is 8.41. The molecule has 2 heteroatoms. The number of hydrogen-bond acceptors (Lipinski definition) is 0. The smallest absolute Gasteiger partial charge is 0.0167 e. The van der Waals surface area contributed by atoms with E-state index in [1.807, 2.05) is 0 Å². The van der Waals surface area contributed by atoms with E-state index in [2.05, 4.69) is 65.3 Å². The quantitative estimate of drug-likeness (QED) is 0.675. The van der Waals surface area contributed by atoms with Crippen LogP contribution in [0.25, 0.3) is 0 Å². The van der Waals surface area contributed by atoms with E-state index in [0.29, 0.717) is 0 Å². The zero-order valence-electron chi connectivity index (χ0n) is 12.8. The Morgan fingerprint density at radius 1 is 0.778 bits per heavy atom. The third-order valence-electron chi connectivity index (χ3n) is 2.98. The van der Waals surface area contributed by atoms with Crippen LogP contribution in [-0.4, -0.2) is 25.7 Å². The van der Waals surface area contributed by atoms with Gasteiger partial charge in [0.15, 0.2) is 0 Å². The van der Waals surface area contributed by atoms with Crippen molar-refractivity contribution in [3.63, 3.8) is 0 Å². The first-order valence-electron chi connectivity index (χ1n) is 6.93. The van der Waals surface area contributed by atoms with Crippen LogP contribution in [0.3, 0.4) is 0 Å². The maximum absolute atomic E-state index is 2.45. The standard InChI is InChI=1S/C16H28P2/c1-13(2)11-17(5)15-9-7-8-10-16(15)18(6)12-14(3)4/h7-10,13-14H,11-12H2,1-6H3/t17-,18-/m1/s1. The molecule has 0 fully saturated rings. The van der Waals surface area contributed by atoms with E-state index in [-0.39, 0.29) is 15.8 Å². The first-order valence-corrected chi connectivity index (χ1v) is 10.9. The Balaban J connectivity index is 2.91. The van der Waals surface area contributed by atoms with Crippen molar-refractivity contribution in [3.8, 4) is 0 Å². The average molecular weight is 282 g/mol. The molecule has 1 aromatic carbocycles. The van der Waals surface area contributed by atoms with Crippen LogP contribution >= 0.6 is 15.8 Å². The van der Waals surface area contributed by atoms with E-state index in [4.69, 9.17) is 0 Å². The maximum atomic E-state index is 2.45. The molecule has 0 unspecified atom stereocenters. The zero-order chi connectivity index (χ0) is 13.7. The van der Waals surface area contributed by atoms with Gasteiger partial charge in [0.2, 0.25) is 0 Å². The second-order valence-corrected chi connectivity index (χ2v) is 10.5. The lowest BCUT2D eigenvalue weighted by atomic mass is 10.3. The zero-order valence-corrected chi connectivity index (χ0v) is 14.6. The molecule has 0 N–H and O–H groups in total. The van der Waals surface area contributed by atoms with Gasteiger partial charge < -0.3 is 0 Å². The van der Waals surface area contributed by atoms with Crippen molar-refractivity contribution in [2.75, 3.05) is 25.7 Å². The summed E-state index contributed by atoms with van der Waals surface area (Å²) in [6.07, 6.45) is 2.72. The van der Waals surface area contributed by atoms with Gasteiger partial charge in [-0.3, -0.25) is 0 Å². The summed E-state index contributed by atoms with van der Waals surface area (Å²) in [6, 6.07) is 9.19. The van der Waals surface area contributed by atoms with Gasteiger partial charge >= 0.3 is 0 Å². The normalized spacial score (nSPS) is 15.1. The molecule has 0 aliphatic heterocycles. The van der Waals surface area contributed by atoms with Crippen LogP contribution in [0.15, 0.2) is 24.3 Å². The summed E-state index contributed by atoms with van der Waals surface area (Å²) >= 11 is 0. The highest BCUT2D eigenvalue weighted by atomic mass is 31.1. The summed E-state index contributed by atoms with van der Waals surface area (Å²) in [5, 5.41) is 3.32. The van der Waals surface area contributed by atoms with Crippen molar-refractivity contribution in [1.82, 2.24) is 0 Å². The second-order valence-electron chi connectivity index (χ2n) is 6.04. The van der Waals surface area contributed by atoms with Gasteiger partial charge in [-0.2, -0.15) is 0 Å². The number of hydrogen-bond donors (Lipinski definition) is 0. The molecule has 0 saturated heterocycles. The summed E-state index contributed by atoms with van der Waals surface area (Å²) in [6.45, 7) is 14.3. The lowest BCUT2D eigenvalue weighted by Gasteiger charge is -2.23. The third kappa shape index (κ3) is 4.99. The van der Waals surface area contributed by atoms with Crippen LogP contribution in [0.2, 0.25) is 0 Å². The van der Waals surface area contributed by atoms with Crippen molar-refractivity contribution >= 4 is 26.5 Å². The van der Waals surface area contributed by atoms with Crippen LogP contribution in [0.4, 0.5) is 0 Å². The van der Waals surface area contributed by atoms with Gasteiger partial charge in [-0.15, -0.1) is 0 Å². The Morgan fingerprint density at radius 3 is 1.39 bits per heavy atom. The minimum absolute atomic E-state index is 0.0228. The topological polar surface area (TPSA) is 0 Å². The fourth-order valence-electron chi connectivity index (χ4n) is 2.40. The molecule has 0 aliphatic rings. The Hall–Kier alpha value is 0.0800. The Labute approximate surface area is 116 Å². The van der Waals surface area contributed by atoms with Gasteiger partial charge in [0.25, 0.3) is 0 Å². The lowest BCUT2D eigenvalue weighted by molar-refractivity contribution is 0.746. The molecule has 0 aliphatic carbocycles. The minimum Gasteiger partial charge on any atom is -0.0775 e. The van der Waals surface area contributed by atoms with Crippen molar-refractivity contribution in [3.05, 3.63) is 24.3 Å². The van der Waals surface area contributed by atoms with Crippen LogP contribution in [0.5, 0.6) is 0 Å². The van der Waals surface area contributed by atoms with Gasteiger partial charge in [-0.1, -0.05) is 67.8 Å². The predicted octanol–water partition coefficient (Wildman–Crippen LogP) is 4.47. The highest BCUT2D eigenvalue weighted by molar-refractivity contribution is 7.71. The molecule has 1 aromatic rings. The molecule has 0 spiro atoms. The number of benzene rings is 1. The molecule has 0 amide bonds. The molecule has 1 rings (SSSR count). The number of rotatable bonds is 6. The highest BCUT2D eigenvalue weighted by Gasteiger charge is 2.16. The van der Waals surface area contributed by atoms with Crippen molar-refractivity contribution < 1.29 is 0 Å². The molecule has 0 saturated carbocycles. The van der Waals surface area contributed by atoms with Crippen LogP contribution in [0, 0.1) is 11.8 Å². The SMILES string of the molecule is CC(C)C[P@@](C)c1ccccc1[P@](C)CC(C)C. The van der Waals surface area contributed by atoms with Crippen molar-refractivity contribution in [2.45, 2.75) is 27.7 Å². The largest absolute Gasteiger partial charge is 0.0775 e. The molecule has 102 valence electrons. The van der Waals surface area contributed by atoms with E-state index in [1.165, 1.54) is 12.3 Å². The fraction of sp³-hybridized carbons (Fsp3) is 0.625. The molecule has 2 atom stereocenters. The molecule has 0 heterocycles. The van der Waals surface area contributed by atoms with E-state index >= 15 is 0 Å². The van der Waals surface area contributed by atoms with E-state index in [9.17, 15) is 0 Å². The monoisotopic (exact) mass is 282 g/mol. The summed E-state index contributed by atoms with van der Waals surface area (Å²) in [5.41, 5.74) is 0. The van der Waals surface area contributed by atoms with Gasteiger partial charge in [0.05, 0.1) is 0 Å². The Kier molecular flexibility index (Phi) is 6.83. The van der Waals surface area contributed by atoms with Crippen molar-refractivity contribution in [2.24, 2.45) is 11.8 Å². The van der Waals surface area contributed by atoms with Crippen LogP contribution < -0.4 is 10.6 Å². The first kappa shape index (κ1) is 16.1. The summed E-state index contributed by atoms with van der Waals surface area (Å²) in [7, 11) is 0.0457.